The van der Waals surface area contributed by atoms with Crippen molar-refractivity contribution in [3.05, 3.63) is 0 Å². The highest BCUT2D eigenvalue weighted by Crippen LogP contribution is 2.04. The molecule has 0 saturated carbocycles. The molecule has 0 amide bonds. The maximum Gasteiger partial charge on any atom is 0.152 e. The number of unbranched alkanes of at least 4 members (excludes halogenated alkanes) is 1. The molecule has 0 fully saturated rings. The molecule has 3 heteroatoms. The fourth-order valence-electron chi connectivity index (χ4n) is 1.08. The summed E-state index contributed by atoms with van der Waals surface area (Å²) in [5.41, 5.74) is 11.0. The molecule has 0 aromatic rings. The van der Waals surface area contributed by atoms with Crippen molar-refractivity contribution in [2.45, 2.75) is 80.7 Å². The summed E-state index contributed by atoms with van der Waals surface area (Å²) in [6.45, 7) is 16.4. The zero-order valence-electron chi connectivity index (χ0n) is 14.0. The van der Waals surface area contributed by atoms with Crippen molar-refractivity contribution in [3.63, 3.8) is 0 Å². The molecular weight excluding hydrogens is 224 g/mol. The van der Waals surface area contributed by atoms with Crippen molar-refractivity contribution in [3.8, 4) is 0 Å². The number of hydrogen-bond donors (Lipinski definition) is 2. The van der Waals surface area contributed by atoms with E-state index in [0.717, 1.165) is 19.3 Å². The van der Waals surface area contributed by atoms with E-state index in [2.05, 4.69) is 0 Å². The predicted octanol–water partition coefficient (Wildman–Crippen LogP) is 4.24. The van der Waals surface area contributed by atoms with E-state index in [1.54, 1.807) is 0 Å². The van der Waals surface area contributed by atoms with Crippen LogP contribution >= 0.6 is 0 Å². The molecular formula is C15H42N2O. The molecule has 18 heavy (non-hydrogen) atoms. The lowest BCUT2D eigenvalue weighted by Gasteiger charge is -2.12. The van der Waals surface area contributed by atoms with E-state index in [9.17, 15) is 4.79 Å². The quantitative estimate of drug-likeness (QED) is 0.707. The first-order chi connectivity index (χ1) is 8.59. The van der Waals surface area contributed by atoms with Crippen molar-refractivity contribution in [1.82, 2.24) is 0 Å². The van der Waals surface area contributed by atoms with Gasteiger partial charge < -0.3 is 11.5 Å². The second kappa shape index (κ2) is 25.4. The Labute approximate surface area is 119 Å². The Kier molecular flexibility index (Phi) is 37.0. The van der Waals surface area contributed by atoms with Gasteiger partial charge in [0.2, 0.25) is 0 Å². The molecule has 118 valence electrons. The van der Waals surface area contributed by atoms with Gasteiger partial charge in [-0.05, 0) is 19.4 Å². The van der Waals surface area contributed by atoms with Gasteiger partial charge in [0, 0.05) is 8.77 Å². The van der Waals surface area contributed by atoms with E-state index >= 15 is 0 Å². The van der Waals surface area contributed by atoms with Gasteiger partial charge in [-0.25, -0.2) is 0 Å². The third-order valence-electron chi connectivity index (χ3n) is 1.90. The predicted molar refractivity (Wildman–Crippen MR) is 89.0 cm³/mol. The molecule has 3 nitrogen and oxygen atoms in total. The zero-order valence-corrected chi connectivity index (χ0v) is 14.0. The van der Waals surface area contributed by atoms with Crippen LogP contribution in [-0.4, -0.2) is 18.4 Å². The lowest BCUT2D eigenvalue weighted by atomic mass is 9.98. The number of hydrogen-bond acceptors (Lipinski definition) is 3. The van der Waals surface area contributed by atoms with Crippen molar-refractivity contribution in [2.75, 3.05) is 6.54 Å². The standard InChI is InChI=1S/C9H20N2O.3C2H6.2H2/c1-7(2)9(12)8(11)5-3-4-6-10;3*1-2;;/h7-8H,3-6,10-11H2,1-2H3;3*1-2H3;2*1H. The molecule has 0 aromatic carbocycles. The van der Waals surface area contributed by atoms with E-state index in [-0.39, 0.29) is 20.6 Å². The number of carbonyl (C=O) groups is 1. The Morgan fingerprint density at radius 1 is 1.00 bits per heavy atom. The van der Waals surface area contributed by atoms with E-state index in [1.165, 1.54) is 0 Å². The largest absolute Gasteiger partial charge is 0.330 e. The third-order valence-corrected chi connectivity index (χ3v) is 1.90. The molecule has 0 heterocycles. The van der Waals surface area contributed by atoms with Crippen LogP contribution in [0.15, 0.2) is 0 Å². The third kappa shape index (κ3) is 20.9. The van der Waals surface area contributed by atoms with Crippen LogP contribution in [0, 0.1) is 5.92 Å². The number of ketones is 1. The summed E-state index contributed by atoms with van der Waals surface area (Å²) in [5.74, 6) is 0.213. The van der Waals surface area contributed by atoms with Gasteiger partial charge in [-0.1, -0.05) is 61.8 Å². The highest BCUT2D eigenvalue weighted by atomic mass is 16.1. The van der Waals surface area contributed by atoms with Crippen LogP contribution in [0.5, 0.6) is 0 Å². The van der Waals surface area contributed by atoms with Gasteiger partial charge in [0.15, 0.2) is 5.78 Å². The molecule has 1 unspecified atom stereocenters. The lowest BCUT2D eigenvalue weighted by molar-refractivity contribution is -0.123. The van der Waals surface area contributed by atoms with Crippen LogP contribution in [0.25, 0.3) is 0 Å². The molecule has 0 saturated heterocycles. The molecule has 0 aromatic heterocycles. The van der Waals surface area contributed by atoms with Gasteiger partial charge in [-0.15, -0.1) is 0 Å². The van der Waals surface area contributed by atoms with Crippen LogP contribution < -0.4 is 11.5 Å². The van der Waals surface area contributed by atoms with Crippen molar-refractivity contribution >= 4 is 5.78 Å². The van der Waals surface area contributed by atoms with Gasteiger partial charge in [0.25, 0.3) is 0 Å². The highest BCUT2D eigenvalue weighted by Gasteiger charge is 2.15. The Bertz CT molecular complexity index is 146. The number of rotatable bonds is 6. The molecule has 0 rings (SSSR count). The molecule has 0 spiro atoms. The van der Waals surface area contributed by atoms with Gasteiger partial charge in [-0.2, -0.15) is 0 Å². The summed E-state index contributed by atoms with van der Waals surface area (Å²) < 4.78 is 0. The van der Waals surface area contributed by atoms with Crippen LogP contribution in [0.1, 0.15) is 77.5 Å². The molecule has 0 aliphatic rings. The number of carbonyl (C=O) groups excluding carboxylic acids is 1. The van der Waals surface area contributed by atoms with Crippen LogP contribution in [0.2, 0.25) is 0 Å². The average molecular weight is 267 g/mol. The highest BCUT2D eigenvalue weighted by molar-refractivity contribution is 5.85. The molecule has 0 radical (unpaired) electrons. The number of nitrogens with two attached hydrogens (primary N) is 2. The lowest BCUT2D eigenvalue weighted by Crippen LogP contribution is -2.33. The summed E-state index contributed by atoms with van der Waals surface area (Å²) in [6.07, 6.45) is 2.68. The monoisotopic (exact) mass is 266 g/mol. The molecule has 1 atom stereocenters. The summed E-state index contributed by atoms with van der Waals surface area (Å²) >= 11 is 0. The molecule has 0 aliphatic heterocycles. The first kappa shape index (κ1) is 26.2. The molecule has 0 bridgehead atoms. The van der Waals surface area contributed by atoms with Crippen molar-refractivity contribution < 1.29 is 7.65 Å². The minimum Gasteiger partial charge on any atom is -0.330 e. The first-order valence-electron chi connectivity index (χ1n) is 7.59. The minimum atomic E-state index is -0.281. The minimum absolute atomic E-state index is 0. The average Bonchev–Trinajstić information content (AvgIpc) is 2.44. The topological polar surface area (TPSA) is 69.1 Å². The first-order valence-corrected chi connectivity index (χ1v) is 7.59. The Morgan fingerprint density at radius 2 is 1.39 bits per heavy atom. The smallest absolute Gasteiger partial charge is 0.152 e. The molecule has 0 aliphatic carbocycles. The summed E-state index contributed by atoms with van der Waals surface area (Å²) in [6, 6.07) is -0.281. The van der Waals surface area contributed by atoms with E-state index in [0.29, 0.717) is 6.54 Å². The molecule has 4 N–H and O–H groups in total. The van der Waals surface area contributed by atoms with E-state index in [4.69, 9.17) is 11.5 Å². The normalized spacial score (nSPS) is 9.94. The fraction of sp³-hybridized carbons (Fsp3) is 0.933. The summed E-state index contributed by atoms with van der Waals surface area (Å²) in [7, 11) is 0. The van der Waals surface area contributed by atoms with E-state index in [1.807, 2.05) is 55.4 Å². The second-order valence-electron chi connectivity index (χ2n) is 3.45. The van der Waals surface area contributed by atoms with Crippen LogP contribution in [-0.2, 0) is 4.79 Å². The van der Waals surface area contributed by atoms with Crippen LogP contribution in [0.3, 0.4) is 0 Å². The Hall–Kier alpha value is -0.410. The Morgan fingerprint density at radius 3 is 1.67 bits per heavy atom. The van der Waals surface area contributed by atoms with Gasteiger partial charge >= 0.3 is 0 Å². The summed E-state index contributed by atoms with van der Waals surface area (Å²) in [4.78, 5) is 11.3. The summed E-state index contributed by atoms with van der Waals surface area (Å²) in [5, 5.41) is 0. The SMILES string of the molecule is CC.CC.CC.CC(C)C(=O)C(N)CCCCN.[HH].[HH]. The zero-order chi connectivity index (χ0) is 15.6. The Balaban J connectivity index is -0.0000000540. The fourth-order valence-corrected chi connectivity index (χ4v) is 1.08. The van der Waals surface area contributed by atoms with E-state index < -0.39 is 0 Å². The van der Waals surface area contributed by atoms with Crippen molar-refractivity contribution in [1.29, 1.82) is 0 Å². The van der Waals surface area contributed by atoms with Crippen molar-refractivity contribution in [2.24, 2.45) is 17.4 Å². The van der Waals surface area contributed by atoms with Gasteiger partial charge in [-0.3, -0.25) is 4.79 Å². The van der Waals surface area contributed by atoms with Gasteiger partial charge in [0.05, 0.1) is 6.04 Å². The van der Waals surface area contributed by atoms with Gasteiger partial charge in [0.1, 0.15) is 0 Å². The van der Waals surface area contributed by atoms with Crippen LogP contribution in [0.4, 0.5) is 0 Å². The number of Topliss-reactive ketones (excluding diaryl/α,β-unsaturated/α-hetero) is 1. The maximum absolute atomic E-state index is 11.3. The maximum atomic E-state index is 11.3. The second-order valence-corrected chi connectivity index (χ2v) is 3.45.